The fourth-order valence-electron chi connectivity index (χ4n) is 1.35. The maximum absolute atomic E-state index is 11.3. The van der Waals surface area contributed by atoms with Crippen LogP contribution in [0.2, 0.25) is 0 Å². The van der Waals surface area contributed by atoms with Gasteiger partial charge >= 0.3 is 0 Å². The highest BCUT2D eigenvalue weighted by Gasteiger charge is 2.24. The summed E-state index contributed by atoms with van der Waals surface area (Å²) < 4.78 is 0. The molecule has 2 rings (SSSR count). The number of hydroxylamine groups is 1. The second-order valence-corrected chi connectivity index (χ2v) is 3.54. The maximum atomic E-state index is 11.3. The van der Waals surface area contributed by atoms with E-state index < -0.39 is 0 Å². The molecule has 2 N–H and O–H groups in total. The number of carbonyl (C=O) groups is 1. The molecule has 1 aromatic carbocycles. The summed E-state index contributed by atoms with van der Waals surface area (Å²) in [5, 5.41) is 3.00. The van der Waals surface area contributed by atoms with Crippen molar-refractivity contribution >= 4 is 5.91 Å². The van der Waals surface area contributed by atoms with E-state index in [0.29, 0.717) is 6.61 Å². The van der Waals surface area contributed by atoms with Crippen molar-refractivity contribution in [3.63, 3.8) is 0 Å². The van der Waals surface area contributed by atoms with Gasteiger partial charge in [0.25, 0.3) is 5.91 Å². The average molecular weight is 206 g/mol. The van der Waals surface area contributed by atoms with Crippen molar-refractivity contribution in [2.24, 2.45) is 0 Å². The largest absolute Gasteiger partial charge is 0.306 e. The van der Waals surface area contributed by atoms with Crippen molar-refractivity contribution < 1.29 is 9.63 Å². The van der Waals surface area contributed by atoms with E-state index in [4.69, 9.17) is 4.84 Å². The van der Waals surface area contributed by atoms with E-state index in [-0.39, 0.29) is 11.9 Å². The number of nitrogens with one attached hydrogen (secondary N) is 2. The normalized spacial score (nSPS) is 19.3. The van der Waals surface area contributed by atoms with Crippen molar-refractivity contribution in [2.45, 2.75) is 19.1 Å². The Morgan fingerprint density at radius 1 is 1.47 bits per heavy atom. The molecule has 0 radical (unpaired) electrons. The molecule has 1 amide bonds. The monoisotopic (exact) mass is 206 g/mol. The number of amides is 1. The minimum Gasteiger partial charge on any atom is -0.306 e. The zero-order valence-corrected chi connectivity index (χ0v) is 8.40. The molecule has 0 unspecified atom stereocenters. The Labute approximate surface area is 88.6 Å². The molecule has 1 fully saturated rings. The summed E-state index contributed by atoms with van der Waals surface area (Å²) in [7, 11) is 0. The molecule has 1 aromatic rings. The van der Waals surface area contributed by atoms with Gasteiger partial charge in [0.05, 0.1) is 12.6 Å². The molecular formula is C11H14N2O2. The highest BCUT2D eigenvalue weighted by atomic mass is 16.6. The first-order valence-electron chi connectivity index (χ1n) is 5.05. The van der Waals surface area contributed by atoms with Crippen LogP contribution < -0.4 is 10.8 Å². The predicted octanol–water partition coefficient (Wildman–Crippen LogP) is 0.596. The predicted molar refractivity (Wildman–Crippen MR) is 55.8 cm³/mol. The number of carbonyl (C=O) groups excluding carboxylic acids is 1. The van der Waals surface area contributed by atoms with Crippen molar-refractivity contribution in [1.29, 1.82) is 0 Å². The van der Waals surface area contributed by atoms with Crippen LogP contribution in [0.25, 0.3) is 0 Å². The SMILES string of the molecule is O=C(NOCc1ccccc1)[C@H]1CCN1. The molecule has 1 saturated heterocycles. The molecule has 0 aliphatic carbocycles. The van der Waals surface area contributed by atoms with Crippen molar-refractivity contribution in [3.8, 4) is 0 Å². The van der Waals surface area contributed by atoms with Gasteiger partial charge in [-0.25, -0.2) is 5.48 Å². The summed E-state index contributed by atoms with van der Waals surface area (Å²) in [4.78, 5) is 16.4. The molecule has 1 aliphatic heterocycles. The van der Waals surface area contributed by atoms with Crippen molar-refractivity contribution in [3.05, 3.63) is 35.9 Å². The Balaban J connectivity index is 1.68. The maximum Gasteiger partial charge on any atom is 0.260 e. The van der Waals surface area contributed by atoms with Crippen molar-refractivity contribution in [2.75, 3.05) is 6.54 Å². The lowest BCUT2D eigenvalue weighted by Crippen LogP contribution is -2.53. The molecule has 1 aliphatic rings. The molecule has 4 heteroatoms. The van der Waals surface area contributed by atoms with Gasteiger partial charge in [0.15, 0.2) is 0 Å². The molecule has 80 valence electrons. The second-order valence-electron chi connectivity index (χ2n) is 3.54. The third kappa shape index (κ3) is 2.78. The van der Waals surface area contributed by atoms with Gasteiger partial charge in [-0.2, -0.15) is 0 Å². The first-order valence-corrected chi connectivity index (χ1v) is 5.05. The molecule has 1 atom stereocenters. The molecule has 15 heavy (non-hydrogen) atoms. The Kier molecular flexibility index (Phi) is 3.32. The first kappa shape index (κ1) is 10.1. The Bertz CT molecular complexity index is 323. The summed E-state index contributed by atoms with van der Waals surface area (Å²) in [5.41, 5.74) is 3.47. The third-order valence-electron chi connectivity index (χ3n) is 2.39. The molecule has 0 saturated carbocycles. The van der Waals surface area contributed by atoms with Crippen LogP contribution in [0.15, 0.2) is 30.3 Å². The number of benzene rings is 1. The van der Waals surface area contributed by atoms with E-state index in [0.717, 1.165) is 18.5 Å². The van der Waals surface area contributed by atoms with Gasteiger partial charge < -0.3 is 5.32 Å². The molecule has 1 heterocycles. The fourth-order valence-corrected chi connectivity index (χ4v) is 1.35. The van der Waals surface area contributed by atoms with Gasteiger partial charge in [0.2, 0.25) is 0 Å². The van der Waals surface area contributed by atoms with Crippen LogP contribution in [0.5, 0.6) is 0 Å². The van der Waals surface area contributed by atoms with Crippen LogP contribution in [0, 0.1) is 0 Å². The lowest BCUT2D eigenvalue weighted by atomic mass is 10.1. The van der Waals surface area contributed by atoms with E-state index in [9.17, 15) is 4.79 Å². The fraction of sp³-hybridized carbons (Fsp3) is 0.364. The molecule has 0 bridgehead atoms. The van der Waals surface area contributed by atoms with E-state index in [1.165, 1.54) is 0 Å². The van der Waals surface area contributed by atoms with E-state index in [2.05, 4.69) is 10.8 Å². The summed E-state index contributed by atoms with van der Waals surface area (Å²) in [6.07, 6.45) is 0.889. The second kappa shape index (κ2) is 4.91. The van der Waals surface area contributed by atoms with Gasteiger partial charge in [-0.15, -0.1) is 0 Å². The lowest BCUT2D eigenvalue weighted by molar-refractivity contribution is -0.138. The van der Waals surface area contributed by atoms with E-state index >= 15 is 0 Å². The van der Waals surface area contributed by atoms with E-state index in [1.54, 1.807) is 0 Å². The zero-order valence-electron chi connectivity index (χ0n) is 8.40. The van der Waals surface area contributed by atoms with Gasteiger partial charge in [0.1, 0.15) is 0 Å². The van der Waals surface area contributed by atoms with E-state index in [1.807, 2.05) is 30.3 Å². The summed E-state index contributed by atoms with van der Waals surface area (Å²) in [5.74, 6) is -0.0859. The van der Waals surface area contributed by atoms with Gasteiger partial charge in [-0.1, -0.05) is 30.3 Å². The molecular weight excluding hydrogens is 192 g/mol. The highest BCUT2D eigenvalue weighted by Crippen LogP contribution is 2.02. The summed E-state index contributed by atoms with van der Waals surface area (Å²) >= 11 is 0. The van der Waals surface area contributed by atoms with Crippen LogP contribution in [-0.4, -0.2) is 18.5 Å². The number of hydrogen-bond acceptors (Lipinski definition) is 3. The van der Waals surface area contributed by atoms with Crippen LogP contribution in [0.4, 0.5) is 0 Å². The average Bonchev–Trinajstić information content (AvgIpc) is 2.16. The first-order chi connectivity index (χ1) is 7.36. The van der Waals surface area contributed by atoms with Crippen LogP contribution >= 0.6 is 0 Å². The van der Waals surface area contributed by atoms with Crippen LogP contribution in [0.3, 0.4) is 0 Å². The quantitative estimate of drug-likeness (QED) is 0.709. The van der Waals surface area contributed by atoms with Crippen LogP contribution in [-0.2, 0) is 16.2 Å². The highest BCUT2D eigenvalue weighted by molar-refractivity contribution is 5.81. The number of rotatable bonds is 4. The third-order valence-corrected chi connectivity index (χ3v) is 2.39. The topological polar surface area (TPSA) is 50.4 Å². The molecule has 0 aromatic heterocycles. The summed E-state index contributed by atoms with van der Waals surface area (Å²) in [6.45, 7) is 1.32. The smallest absolute Gasteiger partial charge is 0.260 e. The van der Waals surface area contributed by atoms with Gasteiger partial charge in [-0.3, -0.25) is 9.63 Å². The number of hydrogen-bond donors (Lipinski definition) is 2. The van der Waals surface area contributed by atoms with Crippen molar-refractivity contribution in [1.82, 2.24) is 10.8 Å². The minimum atomic E-state index is -0.0859. The van der Waals surface area contributed by atoms with Gasteiger partial charge in [-0.05, 0) is 18.5 Å². The Hall–Kier alpha value is -1.39. The Morgan fingerprint density at radius 3 is 2.80 bits per heavy atom. The summed E-state index contributed by atoms with van der Waals surface area (Å²) in [6, 6.07) is 9.66. The van der Waals surface area contributed by atoms with Gasteiger partial charge in [0, 0.05) is 0 Å². The Morgan fingerprint density at radius 2 is 2.20 bits per heavy atom. The molecule has 0 spiro atoms. The zero-order chi connectivity index (χ0) is 10.5. The lowest BCUT2D eigenvalue weighted by Gasteiger charge is -2.25. The minimum absolute atomic E-state index is 0.0687. The molecule has 4 nitrogen and oxygen atoms in total. The van der Waals surface area contributed by atoms with Crippen LogP contribution in [0.1, 0.15) is 12.0 Å². The standard InChI is InChI=1S/C11H14N2O2/c14-11(10-6-7-12-10)13-15-8-9-4-2-1-3-5-9/h1-5,10,12H,6-8H2,(H,13,14)/t10-/m1/s1.